The summed E-state index contributed by atoms with van der Waals surface area (Å²) in [5, 5.41) is 0. The van der Waals surface area contributed by atoms with E-state index in [0.29, 0.717) is 12.2 Å². The summed E-state index contributed by atoms with van der Waals surface area (Å²) >= 11 is 0. The van der Waals surface area contributed by atoms with E-state index in [0.717, 1.165) is 22.3 Å². The number of amides is 2. The van der Waals surface area contributed by atoms with Gasteiger partial charge in [-0.05, 0) is 40.7 Å². The lowest BCUT2D eigenvalue weighted by atomic mass is 9.78. The van der Waals surface area contributed by atoms with E-state index in [4.69, 9.17) is 9.47 Å². The molecule has 0 N–H and O–H groups in total. The van der Waals surface area contributed by atoms with Gasteiger partial charge in [0.2, 0.25) is 5.91 Å². The van der Waals surface area contributed by atoms with Gasteiger partial charge in [0.05, 0.1) is 7.11 Å². The van der Waals surface area contributed by atoms with Crippen molar-refractivity contribution in [3.8, 4) is 5.75 Å². The van der Waals surface area contributed by atoms with Crippen LogP contribution in [0.25, 0.3) is 0 Å². The Morgan fingerprint density at radius 2 is 1.65 bits per heavy atom. The van der Waals surface area contributed by atoms with Gasteiger partial charge in [-0.3, -0.25) is 4.79 Å². The summed E-state index contributed by atoms with van der Waals surface area (Å²) in [6.45, 7) is 6.42. The van der Waals surface area contributed by atoms with E-state index in [-0.39, 0.29) is 24.3 Å². The standard InChI is InChI=1S/C29H31NO4/c1-28(2,3)23-16-17-25(33-4)24(19-23)29(22-13-9-6-10-14-22)20-34-27(32)30(29)26(31)18-15-21-11-7-5-8-12-21/h5-14,16-17,19H,15,18,20H2,1-4H3/t29-/m0/s1. The summed E-state index contributed by atoms with van der Waals surface area (Å²) in [4.78, 5) is 28.1. The first-order chi connectivity index (χ1) is 16.3. The van der Waals surface area contributed by atoms with Gasteiger partial charge < -0.3 is 9.47 Å². The van der Waals surface area contributed by atoms with Gasteiger partial charge in [0.1, 0.15) is 17.9 Å². The van der Waals surface area contributed by atoms with Crippen molar-refractivity contribution in [2.45, 2.75) is 44.6 Å². The maximum absolute atomic E-state index is 13.7. The Morgan fingerprint density at radius 3 is 2.26 bits per heavy atom. The number of carbonyl (C=O) groups is 2. The molecule has 3 aromatic rings. The molecule has 1 atom stereocenters. The zero-order valence-corrected chi connectivity index (χ0v) is 20.2. The summed E-state index contributed by atoms with van der Waals surface area (Å²) in [7, 11) is 1.60. The molecule has 0 bridgehead atoms. The van der Waals surface area contributed by atoms with Crippen molar-refractivity contribution >= 4 is 12.0 Å². The van der Waals surface area contributed by atoms with Crippen molar-refractivity contribution in [2.24, 2.45) is 0 Å². The predicted molar refractivity (Wildman–Crippen MR) is 132 cm³/mol. The van der Waals surface area contributed by atoms with Crippen molar-refractivity contribution in [3.63, 3.8) is 0 Å². The zero-order valence-electron chi connectivity index (χ0n) is 20.2. The van der Waals surface area contributed by atoms with Crippen LogP contribution < -0.4 is 4.74 Å². The lowest BCUT2D eigenvalue weighted by Crippen LogP contribution is -2.49. The number of rotatable bonds is 6. The quantitative estimate of drug-likeness (QED) is 0.466. The van der Waals surface area contributed by atoms with E-state index in [9.17, 15) is 9.59 Å². The minimum Gasteiger partial charge on any atom is -0.496 e. The summed E-state index contributed by atoms with van der Waals surface area (Å²) in [5.74, 6) is 0.328. The van der Waals surface area contributed by atoms with Gasteiger partial charge in [0, 0.05) is 12.0 Å². The molecule has 0 aliphatic carbocycles. The van der Waals surface area contributed by atoms with Crippen LogP contribution in [-0.2, 0) is 26.9 Å². The van der Waals surface area contributed by atoms with Crippen LogP contribution in [-0.4, -0.2) is 30.6 Å². The number of hydrogen-bond donors (Lipinski definition) is 0. The molecule has 1 heterocycles. The average molecular weight is 458 g/mol. The number of imide groups is 1. The lowest BCUT2D eigenvalue weighted by Gasteiger charge is -2.37. The van der Waals surface area contributed by atoms with Crippen LogP contribution in [0.4, 0.5) is 4.79 Å². The molecule has 1 fully saturated rings. The second-order valence-corrected chi connectivity index (χ2v) is 9.66. The Labute approximate surface area is 201 Å². The maximum Gasteiger partial charge on any atom is 0.417 e. The van der Waals surface area contributed by atoms with Crippen molar-refractivity contribution < 1.29 is 19.1 Å². The number of aryl methyl sites for hydroxylation is 1. The summed E-state index contributed by atoms with van der Waals surface area (Å²) in [5.41, 5.74) is 2.41. The molecule has 1 saturated heterocycles. The summed E-state index contributed by atoms with van der Waals surface area (Å²) in [6.07, 6.45) is 0.0905. The van der Waals surface area contributed by atoms with Crippen LogP contribution in [0.5, 0.6) is 5.75 Å². The van der Waals surface area contributed by atoms with Crippen LogP contribution in [0, 0.1) is 0 Å². The SMILES string of the molecule is COc1ccc(C(C)(C)C)cc1[C@@]1(c2ccccc2)COC(=O)N1C(=O)CCc1ccccc1. The van der Waals surface area contributed by atoms with E-state index in [1.165, 1.54) is 4.90 Å². The summed E-state index contributed by atoms with van der Waals surface area (Å²) in [6, 6.07) is 25.4. The molecule has 4 rings (SSSR count). The molecule has 0 aromatic heterocycles. The fourth-order valence-corrected chi connectivity index (χ4v) is 4.55. The summed E-state index contributed by atoms with van der Waals surface area (Å²) < 4.78 is 11.4. The number of carbonyl (C=O) groups excluding carboxylic acids is 2. The normalized spacial score (nSPS) is 18.0. The Balaban J connectivity index is 1.86. The molecule has 2 amide bonds. The van der Waals surface area contributed by atoms with E-state index in [2.05, 4.69) is 20.8 Å². The Hall–Kier alpha value is -3.60. The molecule has 0 saturated carbocycles. The number of hydrogen-bond acceptors (Lipinski definition) is 4. The van der Waals surface area contributed by atoms with Gasteiger partial charge in [-0.1, -0.05) is 87.5 Å². The zero-order chi connectivity index (χ0) is 24.3. The molecule has 1 aliphatic rings. The first-order valence-electron chi connectivity index (χ1n) is 11.6. The minimum atomic E-state index is -1.13. The second-order valence-electron chi connectivity index (χ2n) is 9.66. The molecule has 0 spiro atoms. The lowest BCUT2D eigenvalue weighted by molar-refractivity contribution is -0.131. The van der Waals surface area contributed by atoms with Gasteiger partial charge in [-0.15, -0.1) is 0 Å². The van der Waals surface area contributed by atoms with Gasteiger partial charge in [0.25, 0.3) is 0 Å². The third-order valence-electron chi connectivity index (χ3n) is 6.45. The molecule has 0 unspecified atom stereocenters. The van der Waals surface area contributed by atoms with Crippen molar-refractivity contribution in [1.82, 2.24) is 4.90 Å². The Bertz CT molecular complexity index is 1170. The van der Waals surface area contributed by atoms with Crippen LogP contribution in [0.3, 0.4) is 0 Å². The van der Waals surface area contributed by atoms with Crippen LogP contribution in [0.15, 0.2) is 78.9 Å². The average Bonchev–Trinajstić information content (AvgIpc) is 3.20. The maximum atomic E-state index is 13.7. The van der Waals surface area contributed by atoms with Gasteiger partial charge in [0.15, 0.2) is 0 Å². The van der Waals surface area contributed by atoms with Crippen molar-refractivity contribution in [3.05, 3.63) is 101 Å². The van der Waals surface area contributed by atoms with E-state index >= 15 is 0 Å². The molecule has 3 aromatic carbocycles. The van der Waals surface area contributed by atoms with Crippen LogP contribution in [0.2, 0.25) is 0 Å². The largest absolute Gasteiger partial charge is 0.496 e. The number of methoxy groups -OCH3 is 1. The highest BCUT2D eigenvalue weighted by Gasteiger charge is 2.54. The molecule has 5 heteroatoms. The Morgan fingerprint density at radius 1 is 1.00 bits per heavy atom. The number of cyclic esters (lactones) is 1. The molecular formula is C29H31NO4. The fraction of sp³-hybridized carbons (Fsp3) is 0.310. The van der Waals surface area contributed by atoms with Gasteiger partial charge in [-0.25, -0.2) is 9.69 Å². The number of benzene rings is 3. The number of nitrogens with zero attached hydrogens (tertiary/aromatic N) is 1. The molecule has 34 heavy (non-hydrogen) atoms. The third kappa shape index (κ3) is 4.30. The fourth-order valence-electron chi connectivity index (χ4n) is 4.55. The highest BCUT2D eigenvalue weighted by molar-refractivity contribution is 5.95. The van der Waals surface area contributed by atoms with Gasteiger partial charge in [-0.2, -0.15) is 0 Å². The highest BCUT2D eigenvalue weighted by atomic mass is 16.6. The van der Waals surface area contributed by atoms with Crippen LogP contribution >= 0.6 is 0 Å². The minimum absolute atomic E-state index is 0.0247. The van der Waals surface area contributed by atoms with E-state index in [1.54, 1.807) is 7.11 Å². The monoisotopic (exact) mass is 457 g/mol. The first-order valence-corrected chi connectivity index (χ1v) is 11.6. The van der Waals surface area contributed by atoms with Crippen molar-refractivity contribution in [2.75, 3.05) is 13.7 Å². The highest BCUT2D eigenvalue weighted by Crippen LogP contribution is 2.46. The molecule has 176 valence electrons. The second kappa shape index (κ2) is 9.34. The van der Waals surface area contributed by atoms with Crippen molar-refractivity contribution in [1.29, 1.82) is 0 Å². The third-order valence-corrected chi connectivity index (χ3v) is 6.45. The molecule has 0 radical (unpaired) electrons. The molecule has 5 nitrogen and oxygen atoms in total. The van der Waals surface area contributed by atoms with Gasteiger partial charge >= 0.3 is 6.09 Å². The first kappa shape index (κ1) is 23.6. The van der Waals surface area contributed by atoms with Crippen LogP contribution in [0.1, 0.15) is 49.4 Å². The molecular weight excluding hydrogens is 426 g/mol. The number of ether oxygens (including phenoxy) is 2. The molecule has 1 aliphatic heterocycles. The van der Waals surface area contributed by atoms with E-state index in [1.807, 2.05) is 78.9 Å². The topological polar surface area (TPSA) is 55.8 Å². The smallest absolute Gasteiger partial charge is 0.417 e. The van der Waals surface area contributed by atoms with E-state index < -0.39 is 11.6 Å². The Kier molecular flexibility index (Phi) is 6.47. The predicted octanol–water partition coefficient (Wildman–Crippen LogP) is 5.85.